The molecule has 0 fully saturated rings. The molecule has 4 rings (SSSR count). The smallest absolute Gasteiger partial charge is 0.244 e. The molecule has 1 aromatic heterocycles. The lowest BCUT2D eigenvalue weighted by atomic mass is 9.90. The van der Waals surface area contributed by atoms with E-state index in [9.17, 15) is 4.79 Å². The van der Waals surface area contributed by atoms with Gasteiger partial charge < -0.3 is 19.8 Å². The summed E-state index contributed by atoms with van der Waals surface area (Å²) >= 11 is 6.54. The Kier molecular flexibility index (Phi) is 7.01. The number of nitrogens with one attached hydrogen (secondary N) is 2. The van der Waals surface area contributed by atoms with Crippen LogP contribution in [0.15, 0.2) is 79.0 Å². The van der Waals surface area contributed by atoms with Gasteiger partial charge in [0.25, 0.3) is 0 Å². The molecular formula is C27H25ClN2O3. The number of hydrogen-bond donors (Lipinski definition) is 2. The Morgan fingerprint density at radius 3 is 2.55 bits per heavy atom. The van der Waals surface area contributed by atoms with Gasteiger partial charge in [0.1, 0.15) is 0 Å². The van der Waals surface area contributed by atoms with Gasteiger partial charge in [0.2, 0.25) is 5.91 Å². The van der Waals surface area contributed by atoms with E-state index in [-0.39, 0.29) is 11.8 Å². The third-order valence-electron chi connectivity index (χ3n) is 5.59. The molecule has 0 spiro atoms. The third kappa shape index (κ3) is 5.04. The lowest BCUT2D eigenvalue weighted by Gasteiger charge is -2.19. The maximum atomic E-state index is 12.7. The minimum Gasteiger partial charge on any atom is -0.493 e. The van der Waals surface area contributed by atoms with E-state index in [0.717, 1.165) is 27.6 Å². The van der Waals surface area contributed by atoms with Crippen LogP contribution in [0.2, 0.25) is 5.02 Å². The monoisotopic (exact) mass is 460 g/mol. The first-order valence-electron chi connectivity index (χ1n) is 10.6. The topological polar surface area (TPSA) is 63.3 Å². The first kappa shape index (κ1) is 22.5. The first-order valence-corrected chi connectivity index (χ1v) is 11.0. The van der Waals surface area contributed by atoms with Crippen LogP contribution in [0.25, 0.3) is 17.0 Å². The van der Waals surface area contributed by atoms with Gasteiger partial charge in [0, 0.05) is 40.7 Å². The van der Waals surface area contributed by atoms with Crippen LogP contribution in [0.4, 0.5) is 0 Å². The van der Waals surface area contributed by atoms with Crippen LogP contribution in [0.1, 0.15) is 22.6 Å². The van der Waals surface area contributed by atoms with Crippen molar-refractivity contribution in [3.8, 4) is 11.5 Å². The molecule has 0 saturated carbocycles. The number of rotatable bonds is 8. The minimum atomic E-state index is -0.193. The van der Waals surface area contributed by atoms with Gasteiger partial charge in [-0.15, -0.1) is 0 Å². The molecule has 0 radical (unpaired) electrons. The molecule has 0 saturated heterocycles. The fourth-order valence-corrected chi connectivity index (χ4v) is 4.18. The van der Waals surface area contributed by atoms with Gasteiger partial charge in [-0.3, -0.25) is 4.79 Å². The third-order valence-corrected chi connectivity index (χ3v) is 5.94. The molecule has 168 valence electrons. The number of fused-ring (bicyclic) bond motifs is 1. The molecule has 4 aromatic rings. The highest BCUT2D eigenvalue weighted by molar-refractivity contribution is 6.31. The van der Waals surface area contributed by atoms with Crippen molar-refractivity contribution in [3.05, 3.63) is 101 Å². The van der Waals surface area contributed by atoms with Crippen LogP contribution in [-0.4, -0.2) is 31.7 Å². The van der Waals surface area contributed by atoms with Crippen molar-refractivity contribution in [2.45, 2.75) is 5.92 Å². The van der Waals surface area contributed by atoms with Crippen LogP contribution >= 0.6 is 11.6 Å². The second kappa shape index (κ2) is 10.3. The van der Waals surface area contributed by atoms with Gasteiger partial charge in [-0.25, -0.2) is 0 Å². The predicted octanol–water partition coefficient (Wildman–Crippen LogP) is 5.80. The number of carbonyl (C=O) groups excluding carboxylic acids is 1. The maximum absolute atomic E-state index is 12.7. The van der Waals surface area contributed by atoms with Crippen molar-refractivity contribution < 1.29 is 14.3 Å². The zero-order valence-corrected chi connectivity index (χ0v) is 19.2. The molecule has 0 aliphatic carbocycles. The Morgan fingerprint density at radius 1 is 1.00 bits per heavy atom. The molecule has 5 nitrogen and oxygen atoms in total. The van der Waals surface area contributed by atoms with Gasteiger partial charge in [-0.05, 0) is 47.0 Å². The number of ether oxygens (including phenoxy) is 2. The van der Waals surface area contributed by atoms with E-state index in [1.807, 2.05) is 60.8 Å². The molecule has 1 atom stereocenters. The number of halogens is 1. The highest BCUT2D eigenvalue weighted by Gasteiger charge is 2.20. The van der Waals surface area contributed by atoms with E-state index in [0.29, 0.717) is 23.1 Å². The minimum absolute atomic E-state index is 0.103. The highest BCUT2D eigenvalue weighted by Crippen LogP contribution is 2.34. The van der Waals surface area contributed by atoms with Gasteiger partial charge in [0.05, 0.1) is 14.2 Å². The van der Waals surface area contributed by atoms with Crippen LogP contribution < -0.4 is 14.8 Å². The molecule has 2 N–H and O–H groups in total. The largest absolute Gasteiger partial charge is 0.493 e. The number of H-pyrrole nitrogens is 1. The number of benzene rings is 3. The van der Waals surface area contributed by atoms with Crippen LogP contribution in [0.3, 0.4) is 0 Å². The average Bonchev–Trinajstić information content (AvgIpc) is 3.27. The molecule has 33 heavy (non-hydrogen) atoms. The highest BCUT2D eigenvalue weighted by atomic mass is 35.5. The molecule has 6 heteroatoms. The molecule has 0 bridgehead atoms. The van der Waals surface area contributed by atoms with Crippen molar-refractivity contribution in [3.63, 3.8) is 0 Å². The molecule has 1 amide bonds. The van der Waals surface area contributed by atoms with Crippen LogP contribution in [0, 0.1) is 0 Å². The standard InChI is InChI=1S/C27H25ClN2O3/c1-32-25-13-11-18(15-26(25)33-2)12-14-27(31)30-17-21(19-7-3-5-9-23(19)28)22-16-29-24-10-6-4-8-20(22)24/h3-16,21,29H,17H2,1-2H3,(H,30,31)/b14-12+. The maximum Gasteiger partial charge on any atom is 0.244 e. The van der Waals surface area contributed by atoms with Gasteiger partial charge in [0.15, 0.2) is 11.5 Å². The average molecular weight is 461 g/mol. The molecule has 0 aliphatic rings. The predicted molar refractivity (Wildman–Crippen MR) is 133 cm³/mol. The summed E-state index contributed by atoms with van der Waals surface area (Å²) in [6.45, 7) is 0.403. The van der Waals surface area contributed by atoms with Gasteiger partial charge in [-0.1, -0.05) is 54.1 Å². The van der Waals surface area contributed by atoms with E-state index in [1.54, 1.807) is 26.4 Å². The Labute approximate surface area is 198 Å². The summed E-state index contributed by atoms with van der Waals surface area (Å²) in [5, 5.41) is 4.81. The van der Waals surface area contributed by atoms with Crippen molar-refractivity contribution in [1.29, 1.82) is 0 Å². The van der Waals surface area contributed by atoms with E-state index >= 15 is 0 Å². The summed E-state index contributed by atoms with van der Waals surface area (Å²) < 4.78 is 10.6. The molecule has 1 unspecified atom stereocenters. The van der Waals surface area contributed by atoms with E-state index < -0.39 is 0 Å². The van der Waals surface area contributed by atoms with E-state index in [2.05, 4.69) is 16.4 Å². The Balaban J connectivity index is 1.54. The Bertz CT molecular complexity index is 1300. The van der Waals surface area contributed by atoms with Gasteiger partial charge in [-0.2, -0.15) is 0 Å². The Morgan fingerprint density at radius 2 is 1.76 bits per heavy atom. The zero-order valence-electron chi connectivity index (χ0n) is 18.5. The number of hydrogen-bond acceptors (Lipinski definition) is 3. The number of amides is 1. The second-order valence-corrected chi connectivity index (χ2v) is 7.96. The Hall–Kier alpha value is -3.70. The lowest BCUT2D eigenvalue weighted by Crippen LogP contribution is -2.27. The summed E-state index contributed by atoms with van der Waals surface area (Å²) in [5.41, 5.74) is 3.93. The number of methoxy groups -OCH3 is 2. The summed E-state index contributed by atoms with van der Waals surface area (Å²) in [6.07, 6.45) is 5.25. The molecule has 3 aromatic carbocycles. The number of para-hydroxylation sites is 1. The van der Waals surface area contributed by atoms with Crippen molar-refractivity contribution in [1.82, 2.24) is 10.3 Å². The normalized spacial score (nSPS) is 12.1. The van der Waals surface area contributed by atoms with Crippen molar-refractivity contribution >= 4 is 34.5 Å². The summed E-state index contributed by atoms with van der Waals surface area (Å²) in [7, 11) is 3.17. The fraction of sp³-hybridized carbons (Fsp3) is 0.148. The van der Waals surface area contributed by atoms with Crippen molar-refractivity contribution in [2.24, 2.45) is 0 Å². The first-order chi connectivity index (χ1) is 16.1. The van der Waals surface area contributed by atoms with E-state index in [1.165, 1.54) is 6.08 Å². The summed E-state index contributed by atoms with van der Waals surface area (Å²) in [6, 6.07) is 21.3. The summed E-state index contributed by atoms with van der Waals surface area (Å²) in [4.78, 5) is 16.0. The quantitative estimate of drug-likeness (QED) is 0.326. The SMILES string of the molecule is COc1ccc(/C=C/C(=O)NCC(c2ccccc2Cl)c2c[nH]c3ccccc23)cc1OC. The number of aromatic amines is 1. The molecule has 1 heterocycles. The van der Waals surface area contributed by atoms with Crippen molar-refractivity contribution in [2.75, 3.05) is 20.8 Å². The van der Waals surface area contributed by atoms with Crippen LogP contribution in [0.5, 0.6) is 11.5 Å². The second-order valence-electron chi connectivity index (χ2n) is 7.56. The number of carbonyl (C=O) groups is 1. The molecular weight excluding hydrogens is 436 g/mol. The fourth-order valence-electron chi connectivity index (χ4n) is 3.92. The van der Waals surface area contributed by atoms with Crippen LogP contribution in [-0.2, 0) is 4.79 Å². The van der Waals surface area contributed by atoms with Gasteiger partial charge >= 0.3 is 0 Å². The molecule has 0 aliphatic heterocycles. The summed E-state index contributed by atoms with van der Waals surface area (Å²) in [5.74, 6) is 0.952. The van der Waals surface area contributed by atoms with E-state index in [4.69, 9.17) is 21.1 Å². The number of aromatic nitrogens is 1. The zero-order chi connectivity index (χ0) is 23.2. The lowest BCUT2D eigenvalue weighted by molar-refractivity contribution is -0.116.